The van der Waals surface area contributed by atoms with Crippen LogP contribution in [0.4, 0.5) is 0 Å². The van der Waals surface area contributed by atoms with Gasteiger partial charge in [0.25, 0.3) is 0 Å². The van der Waals surface area contributed by atoms with E-state index in [-0.39, 0.29) is 19.5 Å². The first-order valence-electron chi connectivity index (χ1n) is 2.21. The van der Waals surface area contributed by atoms with Crippen LogP contribution < -0.4 is 15.4 Å². The Kier molecular flexibility index (Phi) is 14.6. The van der Waals surface area contributed by atoms with E-state index >= 15 is 0 Å². The predicted molar refractivity (Wildman–Crippen MR) is 41.7 cm³/mol. The molecule has 16 heavy (non-hydrogen) atoms. The van der Waals surface area contributed by atoms with Crippen molar-refractivity contribution in [3.63, 3.8) is 0 Å². The van der Waals surface area contributed by atoms with Crippen molar-refractivity contribution < 1.29 is 58.4 Å². The molecule has 0 radical (unpaired) electrons. The molecule has 0 aromatic rings. The van der Waals surface area contributed by atoms with E-state index in [4.69, 9.17) is 38.9 Å². The molecule has 12 nitrogen and oxygen atoms in total. The van der Waals surface area contributed by atoms with Crippen molar-refractivity contribution in [3.05, 3.63) is 0 Å². The summed E-state index contributed by atoms with van der Waals surface area (Å²) in [5.41, 5.74) is 0. The van der Waals surface area contributed by atoms with Gasteiger partial charge in [0.2, 0.25) is 0 Å². The van der Waals surface area contributed by atoms with Crippen molar-refractivity contribution in [1.82, 2.24) is 0 Å². The maximum Gasteiger partial charge on any atom is 3.00 e. The van der Waals surface area contributed by atoms with Crippen LogP contribution in [0.5, 0.6) is 0 Å². The summed E-state index contributed by atoms with van der Waals surface area (Å²) in [6, 6.07) is 0. The van der Waals surface area contributed by atoms with Crippen LogP contribution in [-0.2, 0) is 50.4 Å². The number of hydrogen-bond acceptors (Lipinski definition) is 9. The molecule has 0 spiro atoms. The largest absolute Gasteiger partial charge is 3.00 e. The van der Waals surface area contributed by atoms with Gasteiger partial charge in [0.05, 0.1) is 0 Å². The number of rotatable bonds is 0. The zero-order valence-corrected chi connectivity index (χ0v) is 11.1. The summed E-state index contributed by atoms with van der Waals surface area (Å²) in [5.74, 6) is 0. The minimum atomic E-state index is -4.42. The SMILES string of the molecule is NS(=O)(=O)[O-].NS(=O)(=O)[O-].NS(=O)(=O)[O-].[Rh+3]. The van der Waals surface area contributed by atoms with Crippen LogP contribution in [0.1, 0.15) is 0 Å². The molecule has 0 aliphatic carbocycles. The second-order valence-electron chi connectivity index (χ2n) is 1.48. The van der Waals surface area contributed by atoms with Crippen LogP contribution in [0.3, 0.4) is 0 Å². The van der Waals surface area contributed by atoms with Gasteiger partial charge in [-0.1, -0.05) is 0 Å². The third-order valence-corrected chi connectivity index (χ3v) is 0. The van der Waals surface area contributed by atoms with Gasteiger partial charge in [-0.15, -0.1) is 0 Å². The molecule has 0 atom stereocenters. The van der Waals surface area contributed by atoms with Gasteiger partial charge < -0.3 is 13.7 Å². The molecule has 0 saturated carbocycles. The normalized spacial score (nSPS) is 10.9. The van der Waals surface area contributed by atoms with Gasteiger partial charge in [-0.2, -0.15) is 0 Å². The molecule has 16 heteroatoms. The van der Waals surface area contributed by atoms with Crippen LogP contribution in [0, 0.1) is 0 Å². The van der Waals surface area contributed by atoms with Crippen molar-refractivity contribution >= 4 is 30.9 Å². The molecule has 0 amide bonds. The molecule has 0 unspecified atom stereocenters. The molecule has 0 rings (SSSR count). The molecule has 6 N–H and O–H groups in total. The Morgan fingerprint density at radius 1 is 0.562 bits per heavy atom. The number of nitrogens with two attached hydrogens (primary N) is 3. The summed E-state index contributed by atoms with van der Waals surface area (Å²) in [7, 11) is -13.2. The fraction of sp³-hybridized carbons (Fsp3) is 0. The Labute approximate surface area is 105 Å². The van der Waals surface area contributed by atoms with Gasteiger partial charge in [-0.25, -0.2) is 40.7 Å². The van der Waals surface area contributed by atoms with Crippen molar-refractivity contribution in [1.29, 1.82) is 0 Å². The molecule has 0 saturated heterocycles. The average molecular weight is 391 g/mol. The van der Waals surface area contributed by atoms with Gasteiger partial charge in [-0.3, -0.25) is 0 Å². The van der Waals surface area contributed by atoms with Crippen LogP contribution in [0.2, 0.25) is 0 Å². The molecule has 0 aliphatic heterocycles. The first-order chi connectivity index (χ1) is 6.00. The van der Waals surface area contributed by atoms with Crippen LogP contribution in [0.15, 0.2) is 0 Å². The maximum atomic E-state index is 8.85. The van der Waals surface area contributed by atoms with E-state index < -0.39 is 30.9 Å². The minimum Gasteiger partial charge on any atom is -0.736 e. The van der Waals surface area contributed by atoms with E-state index in [0.717, 1.165) is 0 Å². The summed E-state index contributed by atoms with van der Waals surface area (Å²) < 4.78 is 79.7. The quantitative estimate of drug-likeness (QED) is 0.264. The zero-order chi connectivity index (χ0) is 13.5. The Bertz CT molecular complexity index is 347. The third-order valence-electron chi connectivity index (χ3n) is 0. The predicted octanol–water partition coefficient (Wildman–Crippen LogP) is -4.79. The topological polar surface area (TPSA) is 250 Å². The van der Waals surface area contributed by atoms with Gasteiger partial charge in [-0.05, 0) is 0 Å². The standard InChI is InChI=1S/3H3NO3S.Rh/c3*1-5(2,3)4;/h3*(H3,1,2,3,4);/q;;;+3/p-3. The van der Waals surface area contributed by atoms with E-state index in [1.165, 1.54) is 0 Å². The van der Waals surface area contributed by atoms with E-state index in [1.807, 2.05) is 0 Å². The molecule has 0 heterocycles. The molecule has 0 bridgehead atoms. The van der Waals surface area contributed by atoms with E-state index in [0.29, 0.717) is 0 Å². The molecule has 0 aromatic carbocycles. The molecule has 102 valence electrons. The molecular formula is H6N3O9RhS3. The Morgan fingerprint density at radius 2 is 0.562 bits per heavy atom. The average Bonchev–Trinajstić information content (AvgIpc) is 1.41. The fourth-order valence-electron chi connectivity index (χ4n) is 0. The second kappa shape index (κ2) is 9.28. The Morgan fingerprint density at radius 3 is 0.562 bits per heavy atom. The van der Waals surface area contributed by atoms with E-state index in [9.17, 15) is 0 Å². The van der Waals surface area contributed by atoms with E-state index in [1.54, 1.807) is 0 Å². The summed E-state index contributed by atoms with van der Waals surface area (Å²) in [4.78, 5) is 0. The third kappa shape index (κ3) is 45800. The molecule has 0 fully saturated rings. The molecule has 0 aromatic heterocycles. The van der Waals surface area contributed by atoms with Crippen molar-refractivity contribution in [2.75, 3.05) is 0 Å². The van der Waals surface area contributed by atoms with E-state index in [2.05, 4.69) is 15.4 Å². The van der Waals surface area contributed by atoms with Crippen LogP contribution >= 0.6 is 0 Å². The fourth-order valence-corrected chi connectivity index (χ4v) is 0. The monoisotopic (exact) mass is 391 g/mol. The van der Waals surface area contributed by atoms with Gasteiger partial charge in [0, 0.05) is 0 Å². The van der Waals surface area contributed by atoms with Crippen molar-refractivity contribution in [2.45, 2.75) is 0 Å². The summed E-state index contributed by atoms with van der Waals surface area (Å²) in [6.07, 6.45) is 0. The van der Waals surface area contributed by atoms with Crippen LogP contribution in [0.25, 0.3) is 0 Å². The van der Waals surface area contributed by atoms with Crippen molar-refractivity contribution in [3.8, 4) is 0 Å². The first kappa shape index (κ1) is 25.2. The maximum absolute atomic E-state index is 8.85. The Hall–Kier alpha value is 0.233. The molecular weight excluding hydrogens is 385 g/mol. The summed E-state index contributed by atoms with van der Waals surface area (Å²) in [5, 5.41) is 11.3. The van der Waals surface area contributed by atoms with Gasteiger partial charge in [0.15, 0.2) is 30.9 Å². The van der Waals surface area contributed by atoms with Crippen molar-refractivity contribution in [2.24, 2.45) is 15.4 Å². The Balaban J connectivity index is -0.0000000655. The van der Waals surface area contributed by atoms with Crippen LogP contribution in [-0.4, -0.2) is 38.9 Å². The second-order valence-corrected chi connectivity index (χ2v) is 4.44. The van der Waals surface area contributed by atoms with Gasteiger partial charge >= 0.3 is 19.5 Å². The first-order valence-corrected chi connectivity index (χ1v) is 6.62. The van der Waals surface area contributed by atoms with Gasteiger partial charge in [0.1, 0.15) is 0 Å². The number of hydrogen-bond donors (Lipinski definition) is 3. The molecule has 0 aliphatic rings. The summed E-state index contributed by atoms with van der Waals surface area (Å²) >= 11 is 0. The summed E-state index contributed by atoms with van der Waals surface area (Å²) in [6.45, 7) is 0. The zero-order valence-electron chi connectivity index (χ0n) is 6.96. The smallest absolute Gasteiger partial charge is 0.736 e. The minimum absolute atomic E-state index is 0.